The van der Waals surface area contributed by atoms with Crippen LogP contribution in [-0.2, 0) is 11.3 Å². The van der Waals surface area contributed by atoms with Crippen LogP contribution < -0.4 is 0 Å². The zero-order valence-electron chi connectivity index (χ0n) is 13.8. The van der Waals surface area contributed by atoms with Crippen LogP contribution in [0.1, 0.15) is 21.6 Å². The van der Waals surface area contributed by atoms with E-state index >= 15 is 0 Å². The fourth-order valence-electron chi connectivity index (χ4n) is 2.30. The zero-order chi connectivity index (χ0) is 17.5. The van der Waals surface area contributed by atoms with Crippen molar-refractivity contribution >= 4 is 17.5 Å². The molecule has 0 saturated carbocycles. The maximum absolute atomic E-state index is 12.4. The molecule has 2 rings (SSSR count). The van der Waals surface area contributed by atoms with Crippen LogP contribution in [0, 0.1) is 6.92 Å². The van der Waals surface area contributed by atoms with Crippen LogP contribution in [0.3, 0.4) is 0 Å². The molecular weight excluding hydrogens is 328 g/mol. The predicted molar refractivity (Wildman–Crippen MR) is 93.0 cm³/mol. The molecule has 1 aromatic carbocycles. The van der Waals surface area contributed by atoms with E-state index in [2.05, 4.69) is 4.98 Å². The van der Waals surface area contributed by atoms with Gasteiger partial charge in [0.2, 0.25) is 0 Å². The zero-order valence-corrected chi connectivity index (χ0v) is 14.5. The number of aliphatic hydroxyl groups excluding tert-OH is 1. The van der Waals surface area contributed by atoms with Crippen molar-refractivity contribution in [3.05, 3.63) is 64.4 Å². The lowest BCUT2D eigenvalue weighted by Crippen LogP contribution is -2.36. The number of benzene rings is 1. The van der Waals surface area contributed by atoms with Crippen molar-refractivity contribution < 1.29 is 14.6 Å². The molecule has 0 radical (unpaired) electrons. The smallest absolute Gasteiger partial charge is 0.255 e. The third-order valence-corrected chi connectivity index (χ3v) is 3.75. The van der Waals surface area contributed by atoms with Crippen LogP contribution in [0.15, 0.2) is 42.5 Å². The van der Waals surface area contributed by atoms with E-state index in [1.165, 1.54) is 4.90 Å². The number of aryl methyl sites for hydroxylation is 1. The molecular formula is C18H21ClN2O3. The largest absolute Gasteiger partial charge is 0.389 e. The number of hydrogen-bond donors (Lipinski definition) is 1. The highest BCUT2D eigenvalue weighted by Crippen LogP contribution is 2.13. The number of aromatic nitrogens is 1. The first kappa shape index (κ1) is 18.4. The third kappa shape index (κ3) is 5.30. The highest BCUT2D eigenvalue weighted by molar-refractivity contribution is 6.29. The van der Waals surface area contributed by atoms with Crippen molar-refractivity contribution in [2.24, 2.45) is 0 Å². The van der Waals surface area contributed by atoms with Gasteiger partial charge >= 0.3 is 0 Å². The molecule has 2 aromatic rings. The van der Waals surface area contributed by atoms with E-state index in [1.54, 1.807) is 26.1 Å². The van der Waals surface area contributed by atoms with Gasteiger partial charge in [-0.2, -0.15) is 0 Å². The summed E-state index contributed by atoms with van der Waals surface area (Å²) in [4.78, 5) is 17.9. The number of carbonyl (C=O) groups excluding carboxylic acids is 1. The molecule has 0 fully saturated rings. The predicted octanol–water partition coefficient (Wildman–Crippen LogP) is 2.69. The molecule has 0 aliphatic carbocycles. The van der Waals surface area contributed by atoms with Gasteiger partial charge in [0.15, 0.2) is 0 Å². The standard InChI is InChI=1S/C18H21ClN2O3/c1-13-16(8-9-17(19)20-13)18(23)21(2)10-15(22)12-24-11-14-6-4-3-5-7-14/h3-9,15,22H,10-12H2,1-2H3. The summed E-state index contributed by atoms with van der Waals surface area (Å²) in [6.07, 6.45) is -0.761. The minimum Gasteiger partial charge on any atom is -0.389 e. The molecule has 5 nitrogen and oxygen atoms in total. The van der Waals surface area contributed by atoms with Gasteiger partial charge in [0.05, 0.1) is 30.6 Å². The average Bonchev–Trinajstić information content (AvgIpc) is 2.55. The van der Waals surface area contributed by atoms with Gasteiger partial charge in [-0.05, 0) is 24.6 Å². The minimum absolute atomic E-state index is 0.157. The number of pyridine rings is 1. The summed E-state index contributed by atoms with van der Waals surface area (Å²) in [5, 5.41) is 10.4. The number of amides is 1. The summed E-state index contributed by atoms with van der Waals surface area (Å²) in [6, 6.07) is 12.9. The Morgan fingerprint density at radius 3 is 2.67 bits per heavy atom. The number of ether oxygens (including phenoxy) is 1. The van der Waals surface area contributed by atoms with Crippen LogP contribution in [-0.4, -0.2) is 47.2 Å². The molecule has 1 amide bonds. The molecule has 0 aliphatic heterocycles. The molecule has 1 heterocycles. The Morgan fingerprint density at radius 2 is 2.00 bits per heavy atom. The van der Waals surface area contributed by atoms with Gasteiger partial charge in [0, 0.05) is 13.6 Å². The van der Waals surface area contributed by atoms with Crippen LogP contribution in [0.25, 0.3) is 0 Å². The summed E-state index contributed by atoms with van der Waals surface area (Å²) in [6.45, 7) is 2.49. The van der Waals surface area contributed by atoms with Gasteiger partial charge in [-0.1, -0.05) is 41.9 Å². The van der Waals surface area contributed by atoms with E-state index < -0.39 is 6.10 Å². The van der Waals surface area contributed by atoms with Crippen LogP contribution >= 0.6 is 11.6 Å². The molecule has 0 saturated heterocycles. The monoisotopic (exact) mass is 348 g/mol. The Hall–Kier alpha value is -1.95. The Morgan fingerprint density at radius 1 is 1.29 bits per heavy atom. The molecule has 0 spiro atoms. The maximum atomic E-state index is 12.4. The molecule has 1 unspecified atom stereocenters. The van der Waals surface area contributed by atoms with Crippen molar-refractivity contribution in [3.8, 4) is 0 Å². The molecule has 128 valence electrons. The fourth-order valence-corrected chi connectivity index (χ4v) is 2.49. The molecule has 1 aromatic heterocycles. The average molecular weight is 349 g/mol. The first-order chi connectivity index (χ1) is 11.5. The lowest BCUT2D eigenvalue weighted by Gasteiger charge is -2.21. The van der Waals surface area contributed by atoms with E-state index in [1.807, 2.05) is 30.3 Å². The summed E-state index contributed by atoms with van der Waals surface area (Å²) in [5.41, 5.74) is 2.07. The molecule has 1 N–H and O–H groups in total. The van der Waals surface area contributed by atoms with Crippen molar-refractivity contribution in [1.29, 1.82) is 0 Å². The van der Waals surface area contributed by atoms with Gasteiger partial charge in [0.25, 0.3) is 5.91 Å². The van der Waals surface area contributed by atoms with Crippen molar-refractivity contribution in [2.45, 2.75) is 19.6 Å². The number of carbonyl (C=O) groups is 1. The number of hydrogen-bond acceptors (Lipinski definition) is 4. The quantitative estimate of drug-likeness (QED) is 0.781. The second kappa shape index (κ2) is 8.78. The molecule has 0 aliphatic rings. The number of aliphatic hydroxyl groups is 1. The van der Waals surface area contributed by atoms with E-state index in [4.69, 9.17) is 16.3 Å². The van der Waals surface area contributed by atoms with E-state index in [0.717, 1.165) is 5.56 Å². The highest BCUT2D eigenvalue weighted by atomic mass is 35.5. The molecule has 0 bridgehead atoms. The Kier molecular flexibility index (Phi) is 6.73. The highest BCUT2D eigenvalue weighted by Gasteiger charge is 2.18. The molecule has 1 atom stereocenters. The topological polar surface area (TPSA) is 62.7 Å². The number of nitrogens with zero attached hydrogens (tertiary/aromatic N) is 2. The number of likely N-dealkylation sites (N-methyl/N-ethyl adjacent to an activating group) is 1. The lowest BCUT2D eigenvalue weighted by atomic mass is 10.2. The normalized spacial score (nSPS) is 12.0. The SMILES string of the molecule is Cc1nc(Cl)ccc1C(=O)N(C)CC(O)COCc1ccccc1. The van der Waals surface area contributed by atoms with Crippen molar-refractivity contribution in [1.82, 2.24) is 9.88 Å². The third-order valence-electron chi connectivity index (χ3n) is 3.54. The minimum atomic E-state index is -0.761. The van der Waals surface area contributed by atoms with Crippen molar-refractivity contribution in [3.63, 3.8) is 0 Å². The summed E-state index contributed by atoms with van der Waals surface area (Å²) in [5.74, 6) is -0.209. The molecule has 24 heavy (non-hydrogen) atoms. The Balaban J connectivity index is 1.82. The van der Waals surface area contributed by atoms with Crippen LogP contribution in [0.4, 0.5) is 0 Å². The van der Waals surface area contributed by atoms with Gasteiger partial charge < -0.3 is 14.7 Å². The molecule has 6 heteroatoms. The Bertz CT molecular complexity index is 679. The van der Waals surface area contributed by atoms with Gasteiger partial charge in [-0.3, -0.25) is 4.79 Å². The maximum Gasteiger partial charge on any atom is 0.255 e. The lowest BCUT2D eigenvalue weighted by molar-refractivity contribution is 0.0136. The Labute approximate surface area is 146 Å². The fraction of sp³-hybridized carbons (Fsp3) is 0.333. The summed E-state index contributed by atoms with van der Waals surface area (Å²) < 4.78 is 5.49. The second-order valence-electron chi connectivity index (χ2n) is 5.61. The first-order valence-corrected chi connectivity index (χ1v) is 8.03. The second-order valence-corrected chi connectivity index (χ2v) is 5.99. The van der Waals surface area contributed by atoms with Gasteiger partial charge in [-0.25, -0.2) is 4.98 Å². The number of halogens is 1. The van der Waals surface area contributed by atoms with E-state index in [9.17, 15) is 9.90 Å². The van der Waals surface area contributed by atoms with Gasteiger partial charge in [-0.15, -0.1) is 0 Å². The van der Waals surface area contributed by atoms with Crippen LogP contribution in [0.2, 0.25) is 5.15 Å². The van der Waals surface area contributed by atoms with Crippen LogP contribution in [0.5, 0.6) is 0 Å². The van der Waals surface area contributed by atoms with Crippen molar-refractivity contribution in [2.75, 3.05) is 20.2 Å². The van der Waals surface area contributed by atoms with Gasteiger partial charge in [0.1, 0.15) is 5.15 Å². The first-order valence-electron chi connectivity index (χ1n) is 7.65. The number of rotatable bonds is 7. The summed E-state index contributed by atoms with van der Waals surface area (Å²) >= 11 is 5.80. The van der Waals surface area contributed by atoms with E-state index in [-0.39, 0.29) is 19.1 Å². The van der Waals surface area contributed by atoms with E-state index in [0.29, 0.717) is 23.0 Å². The summed E-state index contributed by atoms with van der Waals surface area (Å²) in [7, 11) is 1.64.